The van der Waals surface area contributed by atoms with Crippen LogP contribution >= 0.6 is 0 Å². The van der Waals surface area contributed by atoms with Crippen LogP contribution in [0.25, 0.3) is 0 Å². The quantitative estimate of drug-likeness (QED) is 0.154. The normalized spacial score (nSPS) is 24.1. The zero-order chi connectivity index (χ0) is 26.6. The highest BCUT2D eigenvalue weighted by molar-refractivity contribution is 5.66. The van der Waals surface area contributed by atoms with Crippen molar-refractivity contribution in [3.05, 3.63) is 65.2 Å². The Morgan fingerprint density at radius 1 is 1.13 bits per heavy atom. The number of ether oxygens (including phenoxy) is 3. The first-order valence-corrected chi connectivity index (χ1v) is 14.2. The van der Waals surface area contributed by atoms with Crippen LogP contribution in [0.2, 0.25) is 0 Å². The summed E-state index contributed by atoms with van der Waals surface area (Å²) in [7, 11) is 0. The number of tetrazole rings is 1. The maximum atomic E-state index is 11.9. The van der Waals surface area contributed by atoms with E-state index in [9.17, 15) is 4.79 Å². The van der Waals surface area contributed by atoms with Gasteiger partial charge in [-0.2, -0.15) is 5.21 Å². The SMILES string of the molecule is CC(=O)O[C@H]1CC[C@H](C(=CCCc2cccc(C)c2)OC2CCCCO2)[C@H]1C/C=C\CCCc1nn[nH]n1. The van der Waals surface area contributed by atoms with Gasteiger partial charge in [0.25, 0.3) is 0 Å². The number of benzene rings is 1. The number of carbonyl (C=O) groups excluding carboxylic acids is 1. The maximum absolute atomic E-state index is 11.9. The fourth-order valence-corrected chi connectivity index (χ4v) is 5.59. The molecule has 0 spiro atoms. The van der Waals surface area contributed by atoms with Gasteiger partial charge in [-0.25, -0.2) is 0 Å². The first-order valence-electron chi connectivity index (χ1n) is 14.2. The molecule has 1 saturated heterocycles. The molecule has 4 rings (SSSR count). The molecule has 1 aromatic carbocycles. The predicted octanol–water partition coefficient (Wildman–Crippen LogP) is 5.79. The molecule has 0 radical (unpaired) electrons. The highest BCUT2D eigenvalue weighted by Gasteiger charge is 2.40. The van der Waals surface area contributed by atoms with Gasteiger partial charge in [0.1, 0.15) is 6.10 Å². The number of rotatable bonds is 13. The molecule has 1 saturated carbocycles. The van der Waals surface area contributed by atoms with Crippen molar-refractivity contribution in [3.8, 4) is 0 Å². The molecule has 8 heteroatoms. The third-order valence-corrected chi connectivity index (χ3v) is 7.44. The molecule has 0 amide bonds. The summed E-state index contributed by atoms with van der Waals surface area (Å²) in [6.07, 6.45) is 16.8. The number of allylic oxidation sites excluding steroid dienone is 4. The van der Waals surface area contributed by atoms with Crippen molar-refractivity contribution in [3.63, 3.8) is 0 Å². The maximum Gasteiger partial charge on any atom is 0.302 e. The van der Waals surface area contributed by atoms with Crippen molar-refractivity contribution >= 4 is 5.97 Å². The van der Waals surface area contributed by atoms with Gasteiger partial charge >= 0.3 is 5.97 Å². The third kappa shape index (κ3) is 8.79. The highest BCUT2D eigenvalue weighted by Crippen LogP contribution is 2.42. The van der Waals surface area contributed by atoms with Crippen molar-refractivity contribution in [1.82, 2.24) is 20.6 Å². The molecule has 2 fully saturated rings. The molecule has 0 bridgehead atoms. The molecule has 1 unspecified atom stereocenters. The Morgan fingerprint density at radius 3 is 2.82 bits per heavy atom. The zero-order valence-corrected chi connectivity index (χ0v) is 22.8. The predicted molar refractivity (Wildman–Crippen MR) is 145 cm³/mol. The van der Waals surface area contributed by atoms with Gasteiger partial charge in [0.05, 0.1) is 12.4 Å². The van der Waals surface area contributed by atoms with E-state index in [-0.39, 0.29) is 30.2 Å². The summed E-state index contributed by atoms with van der Waals surface area (Å²) in [4.78, 5) is 11.9. The van der Waals surface area contributed by atoms with Crippen molar-refractivity contribution < 1.29 is 19.0 Å². The number of nitrogens with zero attached hydrogens (tertiary/aromatic N) is 3. The number of H-pyrrole nitrogens is 1. The highest BCUT2D eigenvalue weighted by atomic mass is 16.7. The second kappa shape index (κ2) is 14.8. The molecular weight excluding hydrogens is 480 g/mol. The lowest BCUT2D eigenvalue weighted by Gasteiger charge is -2.30. The number of hydrogen-bond donors (Lipinski definition) is 1. The molecule has 1 aliphatic carbocycles. The van der Waals surface area contributed by atoms with Crippen molar-refractivity contribution in [2.24, 2.45) is 11.8 Å². The summed E-state index contributed by atoms with van der Waals surface area (Å²) < 4.78 is 18.3. The zero-order valence-electron chi connectivity index (χ0n) is 22.8. The van der Waals surface area contributed by atoms with E-state index in [0.29, 0.717) is 0 Å². The van der Waals surface area contributed by atoms with Crippen molar-refractivity contribution in [2.75, 3.05) is 6.61 Å². The van der Waals surface area contributed by atoms with Crippen LogP contribution in [-0.2, 0) is 31.8 Å². The van der Waals surface area contributed by atoms with E-state index in [4.69, 9.17) is 14.2 Å². The summed E-state index contributed by atoms with van der Waals surface area (Å²) in [5, 5.41) is 14.1. The van der Waals surface area contributed by atoms with Crippen LogP contribution in [0.3, 0.4) is 0 Å². The topological polar surface area (TPSA) is 99.2 Å². The Labute approximate surface area is 226 Å². The Balaban J connectivity index is 1.43. The minimum Gasteiger partial charge on any atom is -0.469 e. The largest absolute Gasteiger partial charge is 0.469 e. The monoisotopic (exact) mass is 522 g/mol. The van der Waals surface area contributed by atoms with Crippen LogP contribution < -0.4 is 0 Å². The Kier molecular flexibility index (Phi) is 10.9. The summed E-state index contributed by atoms with van der Waals surface area (Å²) in [6.45, 7) is 4.38. The van der Waals surface area contributed by atoms with Gasteiger partial charge in [0.15, 0.2) is 12.1 Å². The second-order valence-electron chi connectivity index (χ2n) is 10.5. The van der Waals surface area contributed by atoms with Crippen LogP contribution in [0.15, 0.2) is 48.3 Å². The number of aromatic amines is 1. The van der Waals surface area contributed by atoms with Crippen molar-refractivity contribution in [2.45, 2.75) is 96.9 Å². The molecule has 2 aromatic rings. The number of carbonyl (C=O) groups is 1. The molecule has 2 heterocycles. The molecule has 1 N–H and O–H groups in total. The lowest BCUT2D eigenvalue weighted by atomic mass is 9.88. The summed E-state index contributed by atoms with van der Waals surface area (Å²) in [5.74, 6) is 1.92. The Morgan fingerprint density at radius 2 is 2.05 bits per heavy atom. The van der Waals surface area contributed by atoms with Gasteiger partial charge in [-0.1, -0.05) is 47.2 Å². The fraction of sp³-hybridized carbons (Fsp3) is 0.600. The van der Waals surface area contributed by atoms with E-state index < -0.39 is 0 Å². The van der Waals surface area contributed by atoms with E-state index in [1.165, 1.54) is 18.1 Å². The number of aryl methyl sites for hydroxylation is 3. The number of hydrogen-bond acceptors (Lipinski definition) is 7. The lowest BCUT2D eigenvalue weighted by molar-refractivity contribution is -0.152. The smallest absolute Gasteiger partial charge is 0.302 e. The molecular formula is C30H42N4O4. The average molecular weight is 523 g/mol. The van der Waals surface area contributed by atoms with Crippen LogP contribution in [0.5, 0.6) is 0 Å². The third-order valence-electron chi connectivity index (χ3n) is 7.44. The van der Waals surface area contributed by atoms with Crippen molar-refractivity contribution in [1.29, 1.82) is 0 Å². The average Bonchev–Trinajstić information content (AvgIpc) is 3.56. The molecule has 8 nitrogen and oxygen atoms in total. The van der Waals surface area contributed by atoms with Gasteiger partial charge < -0.3 is 14.2 Å². The van der Waals surface area contributed by atoms with Crippen LogP contribution in [0.4, 0.5) is 0 Å². The first kappa shape index (κ1) is 28.0. The van der Waals surface area contributed by atoms with Crippen LogP contribution in [0.1, 0.15) is 81.7 Å². The Hall–Kier alpha value is -3.00. The van der Waals surface area contributed by atoms with Crippen LogP contribution in [-0.4, -0.2) is 45.6 Å². The summed E-state index contributed by atoms with van der Waals surface area (Å²) in [6, 6.07) is 8.68. The van der Waals surface area contributed by atoms with Gasteiger partial charge in [0, 0.05) is 31.6 Å². The van der Waals surface area contributed by atoms with E-state index in [1.807, 2.05) is 0 Å². The van der Waals surface area contributed by atoms with E-state index in [1.54, 1.807) is 0 Å². The van der Waals surface area contributed by atoms with Gasteiger partial charge in [-0.15, -0.1) is 10.2 Å². The van der Waals surface area contributed by atoms with E-state index >= 15 is 0 Å². The number of unbranched alkanes of at least 4 members (excludes halogenated alkanes) is 1. The summed E-state index contributed by atoms with van der Waals surface area (Å²) in [5.41, 5.74) is 2.61. The lowest BCUT2D eigenvalue weighted by Crippen LogP contribution is -2.28. The van der Waals surface area contributed by atoms with Gasteiger partial charge in [-0.3, -0.25) is 4.79 Å². The minimum atomic E-state index is -0.216. The molecule has 2 aliphatic rings. The van der Waals surface area contributed by atoms with E-state index in [0.717, 1.165) is 88.8 Å². The van der Waals surface area contributed by atoms with Gasteiger partial charge in [0.2, 0.25) is 0 Å². The number of aromatic nitrogens is 4. The molecule has 1 aromatic heterocycles. The Bertz CT molecular complexity index is 1050. The molecule has 206 valence electrons. The molecule has 4 atom stereocenters. The minimum absolute atomic E-state index is 0.0995. The van der Waals surface area contributed by atoms with Crippen LogP contribution in [0, 0.1) is 18.8 Å². The second-order valence-corrected chi connectivity index (χ2v) is 10.5. The number of esters is 1. The van der Waals surface area contributed by atoms with Gasteiger partial charge in [-0.05, 0) is 76.4 Å². The molecule has 1 aliphatic heterocycles. The number of nitrogens with one attached hydrogen (secondary N) is 1. The molecule has 38 heavy (non-hydrogen) atoms. The first-order chi connectivity index (χ1) is 18.6. The van der Waals surface area contributed by atoms with E-state index in [2.05, 4.69) is 70.0 Å². The fourth-order valence-electron chi connectivity index (χ4n) is 5.59. The standard InChI is InChI=1S/C30H42N4O4/c1-22-11-9-12-24(21-22)13-10-15-27(38-30-17-7-8-20-36-30)26-18-19-28(37-23(2)35)25(26)14-5-3-4-6-16-29-31-33-34-32-29/h3,5,9,11-12,15,21,25-26,28,30H,4,6-8,10,13-14,16-20H2,1-2H3,(H,31,32,33,34)/b5-3-,27-15?/t25-,26+,28+,30?/m1/s1. The summed E-state index contributed by atoms with van der Waals surface area (Å²) >= 11 is 0.